The summed E-state index contributed by atoms with van der Waals surface area (Å²) in [5, 5.41) is 0. The Bertz CT molecular complexity index is 461. The van der Waals surface area contributed by atoms with Crippen LogP contribution < -0.4 is 0 Å². The fourth-order valence-corrected chi connectivity index (χ4v) is 4.00. The molecule has 2 aliphatic carbocycles. The van der Waals surface area contributed by atoms with Crippen molar-refractivity contribution in [2.75, 3.05) is 0 Å². The van der Waals surface area contributed by atoms with Gasteiger partial charge in [0.25, 0.3) is 0 Å². The van der Waals surface area contributed by atoms with E-state index in [-0.39, 0.29) is 5.82 Å². The van der Waals surface area contributed by atoms with Crippen LogP contribution in [0.1, 0.15) is 56.9 Å². The molecule has 1 spiro atoms. The van der Waals surface area contributed by atoms with Crippen LogP contribution in [-0.2, 0) is 4.79 Å². The summed E-state index contributed by atoms with van der Waals surface area (Å²) in [6.07, 6.45) is 7.01. The van der Waals surface area contributed by atoms with Crippen LogP contribution >= 0.6 is 0 Å². The van der Waals surface area contributed by atoms with Crippen LogP contribution in [0.2, 0.25) is 0 Å². The Morgan fingerprint density at radius 2 is 1.74 bits per heavy atom. The van der Waals surface area contributed by atoms with E-state index in [2.05, 4.69) is 0 Å². The molecule has 1 nitrogen and oxygen atoms in total. The van der Waals surface area contributed by atoms with Gasteiger partial charge in [0.15, 0.2) is 0 Å². The number of carbonyl (C=O) groups is 1. The molecule has 0 aromatic heterocycles. The zero-order valence-electron chi connectivity index (χ0n) is 11.5. The monoisotopic (exact) mass is 260 g/mol. The van der Waals surface area contributed by atoms with Crippen molar-refractivity contribution in [2.45, 2.75) is 51.4 Å². The second kappa shape index (κ2) is 4.73. The van der Waals surface area contributed by atoms with E-state index in [1.807, 2.05) is 12.1 Å². The smallest absolute Gasteiger partial charge is 0.132 e. The second-order valence-corrected chi connectivity index (χ2v) is 6.54. The summed E-state index contributed by atoms with van der Waals surface area (Å²) < 4.78 is 12.9. The number of hydrogen-bond donors (Lipinski definition) is 0. The third kappa shape index (κ3) is 2.45. The average Bonchev–Trinajstić information content (AvgIpc) is 2.37. The van der Waals surface area contributed by atoms with E-state index in [0.717, 1.165) is 12.8 Å². The lowest BCUT2D eigenvalue weighted by Crippen LogP contribution is -2.40. The molecule has 0 radical (unpaired) electrons. The second-order valence-electron chi connectivity index (χ2n) is 6.54. The van der Waals surface area contributed by atoms with Crippen LogP contribution in [0.25, 0.3) is 0 Å². The van der Waals surface area contributed by atoms with Gasteiger partial charge in [-0.15, -0.1) is 0 Å². The predicted octanol–water partition coefficient (Wildman–Crippen LogP) is 4.47. The van der Waals surface area contributed by atoms with Crippen molar-refractivity contribution in [3.05, 3.63) is 35.6 Å². The largest absolute Gasteiger partial charge is 0.300 e. The molecule has 0 amide bonds. The molecule has 0 atom stereocenters. The van der Waals surface area contributed by atoms with E-state index in [1.54, 1.807) is 19.1 Å². The van der Waals surface area contributed by atoms with Crippen molar-refractivity contribution >= 4 is 5.78 Å². The molecule has 3 rings (SSSR count). The van der Waals surface area contributed by atoms with E-state index in [0.29, 0.717) is 23.0 Å². The Hall–Kier alpha value is -1.18. The molecule has 2 saturated carbocycles. The van der Waals surface area contributed by atoms with E-state index in [9.17, 15) is 9.18 Å². The van der Waals surface area contributed by atoms with Crippen LogP contribution in [0.15, 0.2) is 24.3 Å². The summed E-state index contributed by atoms with van der Waals surface area (Å²) in [6.45, 7) is 1.73. The molecule has 0 unspecified atom stereocenters. The zero-order valence-corrected chi connectivity index (χ0v) is 11.5. The van der Waals surface area contributed by atoms with Crippen LogP contribution in [0.4, 0.5) is 4.39 Å². The first kappa shape index (κ1) is 12.8. The first-order valence-corrected chi connectivity index (χ1v) is 7.34. The van der Waals surface area contributed by atoms with Crippen molar-refractivity contribution in [3.8, 4) is 0 Å². The fourth-order valence-electron chi connectivity index (χ4n) is 4.00. The molecule has 1 aromatic carbocycles. The molecule has 2 aliphatic rings. The Labute approximate surface area is 114 Å². The molecule has 0 aliphatic heterocycles. The number of halogens is 1. The number of Topliss-reactive ketones (excluding diaryl/α,β-unsaturated/α-hetero) is 1. The summed E-state index contributed by atoms with van der Waals surface area (Å²) in [4.78, 5) is 11.4. The van der Waals surface area contributed by atoms with Crippen LogP contribution in [0, 0.1) is 17.2 Å². The first-order chi connectivity index (χ1) is 9.08. The minimum absolute atomic E-state index is 0.153. The van der Waals surface area contributed by atoms with Gasteiger partial charge in [-0.3, -0.25) is 4.79 Å². The zero-order chi connectivity index (χ0) is 13.5. The van der Waals surface area contributed by atoms with E-state index >= 15 is 0 Å². The van der Waals surface area contributed by atoms with E-state index in [4.69, 9.17) is 0 Å². The quantitative estimate of drug-likeness (QED) is 0.766. The highest BCUT2D eigenvalue weighted by atomic mass is 19.1. The van der Waals surface area contributed by atoms with Gasteiger partial charge in [-0.05, 0) is 74.5 Å². The van der Waals surface area contributed by atoms with Crippen molar-refractivity contribution < 1.29 is 9.18 Å². The van der Waals surface area contributed by atoms with Gasteiger partial charge in [0, 0.05) is 5.92 Å². The first-order valence-electron chi connectivity index (χ1n) is 7.34. The minimum Gasteiger partial charge on any atom is -0.300 e. The minimum atomic E-state index is -0.153. The summed E-state index contributed by atoms with van der Waals surface area (Å²) in [5.41, 5.74) is 1.77. The van der Waals surface area contributed by atoms with Crippen LogP contribution in [0.5, 0.6) is 0 Å². The van der Waals surface area contributed by atoms with Gasteiger partial charge in [0.1, 0.15) is 11.6 Å². The summed E-state index contributed by atoms with van der Waals surface area (Å²) in [6, 6.07) is 6.97. The highest BCUT2D eigenvalue weighted by Gasteiger charge is 2.46. The molecule has 0 saturated heterocycles. The molecular weight excluding hydrogens is 239 g/mol. The molecule has 0 bridgehead atoms. The lowest BCUT2D eigenvalue weighted by molar-refractivity contribution is -0.123. The third-order valence-electron chi connectivity index (χ3n) is 5.32. The van der Waals surface area contributed by atoms with E-state index < -0.39 is 0 Å². The highest BCUT2D eigenvalue weighted by molar-refractivity contribution is 5.78. The average molecular weight is 260 g/mol. The number of hydrogen-bond acceptors (Lipinski definition) is 1. The lowest BCUT2D eigenvalue weighted by atomic mass is 9.53. The van der Waals surface area contributed by atoms with Gasteiger partial charge in [0.2, 0.25) is 0 Å². The summed E-state index contributed by atoms with van der Waals surface area (Å²) >= 11 is 0. The summed E-state index contributed by atoms with van der Waals surface area (Å²) in [7, 11) is 0. The Kier molecular flexibility index (Phi) is 3.20. The van der Waals surface area contributed by atoms with Gasteiger partial charge in [-0.25, -0.2) is 4.39 Å². The maximum absolute atomic E-state index is 12.9. The molecule has 1 aromatic rings. The van der Waals surface area contributed by atoms with Gasteiger partial charge < -0.3 is 0 Å². The van der Waals surface area contributed by atoms with E-state index in [1.165, 1.54) is 31.2 Å². The molecule has 2 fully saturated rings. The standard InChI is InChI=1S/C17H21FO/c1-12(19)13-6-8-17(9-7-13)10-15(11-17)14-2-4-16(18)5-3-14/h2-5,13,15H,6-11H2,1H3. The third-order valence-corrected chi connectivity index (χ3v) is 5.32. The number of benzene rings is 1. The maximum Gasteiger partial charge on any atom is 0.132 e. The van der Waals surface area contributed by atoms with Gasteiger partial charge in [-0.1, -0.05) is 12.1 Å². The number of ketones is 1. The molecule has 2 heteroatoms. The molecule has 102 valence electrons. The molecule has 19 heavy (non-hydrogen) atoms. The van der Waals surface area contributed by atoms with Gasteiger partial charge in [-0.2, -0.15) is 0 Å². The van der Waals surface area contributed by atoms with Gasteiger partial charge >= 0.3 is 0 Å². The molecule has 0 heterocycles. The van der Waals surface area contributed by atoms with Crippen molar-refractivity contribution in [2.24, 2.45) is 11.3 Å². The summed E-state index contributed by atoms with van der Waals surface area (Å²) in [5.74, 6) is 1.13. The SMILES string of the molecule is CC(=O)C1CCC2(CC1)CC(c1ccc(F)cc1)C2. The van der Waals surface area contributed by atoms with Gasteiger partial charge in [0.05, 0.1) is 0 Å². The molecular formula is C17H21FO. The highest BCUT2D eigenvalue weighted by Crippen LogP contribution is 2.59. The fraction of sp³-hybridized carbons (Fsp3) is 0.588. The Morgan fingerprint density at radius 1 is 1.16 bits per heavy atom. The number of rotatable bonds is 2. The Morgan fingerprint density at radius 3 is 2.26 bits per heavy atom. The van der Waals surface area contributed by atoms with Crippen molar-refractivity contribution in [1.82, 2.24) is 0 Å². The van der Waals surface area contributed by atoms with Crippen molar-refractivity contribution in [1.29, 1.82) is 0 Å². The number of carbonyl (C=O) groups excluding carboxylic acids is 1. The van der Waals surface area contributed by atoms with Crippen LogP contribution in [0.3, 0.4) is 0 Å². The van der Waals surface area contributed by atoms with Crippen molar-refractivity contribution in [3.63, 3.8) is 0 Å². The Balaban J connectivity index is 1.58. The molecule has 0 N–H and O–H groups in total. The van der Waals surface area contributed by atoms with Crippen LogP contribution in [-0.4, -0.2) is 5.78 Å². The maximum atomic E-state index is 12.9. The predicted molar refractivity (Wildman–Crippen MR) is 73.4 cm³/mol. The normalized spacial score (nSPS) is 34.0. The lowest BCUT2D eigenvalue weighted by Gasteiger charge is -2.51. The topological polar surface area (TPSA) is 17.1 Å².